The molecule has 0 aromatic carbocycles. The van der Waals surface area contributed by atoms with Crippen LogP contribution in [-0.2, 0) is 15.6 Å². The van der Waals surface area contributed by atoms with E-state index in [2.05, 4.69) is 5.10 Å². The summed E-state index contributed by atoms with van der Waals surface area (Å²) in [5, 5.41) is 3.36. The van der Waals surface area contributed by atoms with Crippen molar-refractivity contribution in [2.75, 3.05) is 0 Å². The zero-order valence-electron chi connectivity index (χ0n) is 11.5. The van der Waals surface area contributed by atoms with Crippen LogP contribution in [-0.4, -0.2) is 28.1 Å². The van der Waals surface area contributed by atoms with Crippen LogP contribution in [0, 0.1) is 6.92 Å². The first-order valence-electron chi connectivity index (χ1n) is 5.93. The van der Waals surface area contributed by atoms with Crippen molar-refractivity contribution < 1.29 is 22.5 Å². The third-order valence-electron chi connectivity index (χ3n) is 3.80. The molecule has 0 N–H and O–H groups in total. The normalized spacial score (nSPS) is 22.0. The average Bonchev–Trinajstić information content (AvgIpc) is 2.65. The molecule has 2 rings (SSSR count). The molecule has 0 amide bonds. The molecule has 1 aliphatic heterocycles. The molecule has 0 spiro atoms. The van der Waals surface area contributed by atoms with Crippen molar-refractivity contribution >= 4 is 12.6 Å². The highest BCUT2D eigenvalue weighted by Crippen LogP contribution is 2.36. The number of aromatic nitrogens is 2. The topological polar surface area (TPSA) is 36.3 Å². The van der Waals surface area contributed by atoms with E-state index in [1.165, 1.54) is 6.92 Å². The summed E-state index contributed by atoms with van der Waals surface area (Å²) >= 11 is 0. The van der Waals surface area contributed by atoms with Crippen LogP contribution >= 0.6 is 0 Å². The second-order valence-corrected chi connectivity index (χ2v) is 5.65. The Labute approximate surface area is 110 Å². The van der Waals surface area contributed by atoms with E-state index in [0.29, 0.717) is 5.46 Å². The highest BCUT2D eigenvalue weighted by Gasteiger charge is 2.53. The van der Waals surface area contributed by atoms with Crippen molar-refractivity contribution in [3.05, 3.63) is 11.9 Å². The van der Waals surface area contributed by atoms with Gasteiger partial charge >= 0.3 is 13.4 Å². The first kappa shape index (κ1) is 14.4. The zero-order chi connectivity index (χ0) is 14.6. The molecular formula is C11H16BF3N2O2. The Morgan fingerprint density at radius 3 is 2.00 bits per heavy atom. The van der Waals surface area contributed by atoms with Gasteiger partial charge in [0.15, 0.2) is 0 Å². The molecule has 0 saturated carbocycles. The van der Waals surface area contributed by atoms with E-state index in [-0.39, 0.29) is 10.4 Å². The van der Waals surface area contributed by atoms with Crippen molar-refractivity contribution in [3.63, 3.8) is 0 Å². The van der Waals surface area contributed by atoms with Gasteiger partial charge in [-0.2, -0.15) is 9.78 Å². The predicted molar refractivity (Wildman–Crippen MR) is 64.0 cm³/mol. The molecule has 8 heteroatoms. The molecule has 106 valence electrons. The van der Waals surface area contributed by atoms with Gasteiger partial charge in [0, 0.05) is 17.4 Å². The lowest BCUT2D eigenvalue weighted by Crippen LogP contribution is -2.41. The van der Waals surface area contributed by atoms with Crippen LogP contribution in [0.5, 0.6) is 0 Å². The Kier molecular flexibility index (Phi) is 3.02. The minimum atomic E-state index is -4.54. The first-order valence-corrected chi connectivity index (χ1v) is 5.93. The van der Waals surface area contributed by atoms with E-state index < -0.39 is 24.6 Å². The first-order chi connectivity index (χ1) is 8.46. The largest absolute Gasteiger partial charge is 0.504 e. The van der Waals surface area contributed by atoms with Gasteiger partial charge in [-0.3, -0.25) is 0 Å². The number of rotatable bonds is 1. The molecule has 1 aromatic heterocycles. The lowest BCUT2D eigenvalue weighted by atomic mass is 9.79. The fourth-order valence-corrected chi connectivity index (χ4v) is 1.88. The second-order valence-electron chi connectivity index (χ2n) is 5.65. The number of alkyl halides is 3. The molecule has 0 bridgehead atoms. The lowest BCUT2D eigenvalue weighted by molar-refractivity contribution is -0.213. The van der Waals surface area contributed by atoms with Gasteiger partial charge in [-0.05, 0) is 34.6 Å². The molecule has 0 unspecified atom stereocenters. The second kappa shape index (κ2) is 3.99. The van der Waals surface area contributed by atoms with Gasteiger partial charge in [0.05, 0.1) is 11.2 Å². The number of halogens is 3. The summed E-state index contributed by atoms with van der Waals surface area (Å²) in [7, 11) is -0.832. The summed E-state index contributed by atoms with van der Waals surface area (Å²) in [6, 6.07) is 0. The third kappa shape index (κ3) is 2.27. The molecule has 4 nitrogen and oxygen atoms in total. The summed E-state index contributed by atoms with van der Waals surface area (Å²) in [5.74, 6) is 0. The van der Waals surface area contributed by atoms with Crippen molar-refractivity contribution in [1.29, 1.82) is 0 Å². The number of hydrogen-bond donors (Lipinski definition) is 0. The Morgan fingerprint density at radius 2 is 1.63 bits per heavy atom. The van der Waals surface area contributed by atoms with Gasteiger partial charge < -0.3 is 9.31 Å². The molecule has 1 aromatic rings. The highest BCUT2D eigenvalue weighted by molar-refractivity contribution is 6.62. The van der Waals surface area contributed by atoms with E-state index >= 15 is 0 Å². The van der Waals surface area contributed by atoms with Gasteiger partial charge in [-0.25, -0.2) is 0 Å². The monoisotopic (exact) mass is 276 g/mol. The molecular weight excluding hydrogens is 260 g/mol. The Morgan fingerprint density at radius 1 is 1.16 bits per heavy atom. The van der Waals surface area contributed by atoms with Crippen LogP contribution in [0.1, 0.15) is 33.4 Å². The summed E-state index contributed by atoms with van der Waals surface area (Å²) in [5.41, 5.74) is -0.906. The summed E-state index contributed by atoms with van der Waals surface area (Å²) < 4.78 is 49.5. The van der Waals surface area contributed by atoms with Crippen LogP contribution in [0.25, 0.3) is 0 Å². The van der Waals surface area contributed by atoms with Crippen molar-refractivity contribution in [2.24, 2.45) is 0 Å². The average molecular weight is 276 g/mol. The Bertz CT molecular complexity index is 481. The standard InChI is InChI=1S/C11H16BF3N2O2/c1-7-8(6-16-17(7)11(13,14)15)12-18-9(2,3)10(4,5)19-12/h6H,1-5H3. The van der Waals surface area contributed by atoms with Gasteiger partial charge in [-0.15, -0.1) is 13.2 Å². The Hall–Kier alpha value is -1.02. The van der Waals surface area contributed by atoms with Crippen LogP contribution in [0.4, 0.5) is 13.2 Å². The SMILES string of the molecule is Cc1c(B2OC(C)(C)C(C)(C)O2)cnn1C(F)(F)F. The van der Waals surface area contributed by atoms with Crippen LogP contribution in [0.3, 0.4) is 0 Å². The summed E-state index contributed by atoms with van der Waals surface area (Å²) in [4.78, 5) is 0. The molecule has 0 radical (unpaired) electrons. The molecule has 0 atom stereocenters. The minimum absolute atomic E-state index is 0.0212. The quantitative estimate of drug-likeness (QED) is 0.736. The molecule has 1 aliphatic rings. The van der Waals surface area contributed by atoms with Gasteiger partial charge in [0.2, 0.25) is 0 Å². The van der Waals surface area contributed by atoms with E-state index in [1.54, 1.807) is 0 Å². The van der Waals surface area contributed by atoms with E-state index in [4.69, 9.17) is 9.31 Å². The third-order valence-corrected chi connectivity index (χ3v) is 3.80. The molecule has 2 heterocycles. The fourth-order valence-electron chi connectivity index (χ4n) is 1.88. The van der Waals surface area contributed by atoms with E-state index in [9.17, 15) is 13.2 Å². The van der Waals surface area contributed by atoms with Crippen molar-refractivity contribution in [3.8, 4) is 0 Å². The van der Waals surface area contributed by atoms with Crippen LogP contribution in [0.2, 0.25) is 0 Å². The van der Waals surface area contributed by atoms with E-state index in [0.717, 1.165) is 6.20 Å². The molecule has 1 saturated heterocycles. The zero-order valence-corrected chi connectivity index (χ0v) is 11.5. The maximum atomic E-state index is 12.7. The van der Waals surface area contributed by atoms with Crippen molar-refractivity contribution in [1.82, 2.24) is 9.78 Å². The maximum Gasteiger partial charge on any atom is 0.504 e. The highest BCUT2D eigenvalue weighted by atomic mass is 19.4. The van der Waals surface area contributed by atoms with Crippen molar-refractivity contribution in [2.45, 2.75) is 52.1 Å². The smallest absolute Gasteiger partial charge is 0.399 e. The van der Waals surface area contributed by atoms with Crippen LogP contribution in [0.15, 0.2) is 6.20 Å². The fraction of sp³-hybridized carbons (Fsp3) is 0.727. The van der Waals surface area contributed by atoms with Gasteiger partial charge in [0.1, 0.15) is 0 Å². The molecule has 0 aliphatic carbocycles. The van der Waals surface area contributed by atoms with E-state index in [1.807, 2.05) is 27.7 Å². The minimum Gasteiger partial charge on any atom is -0.399 e. The van der Waals surface area contributed by atoms with Crippen LogP contribution < -0.4 is 5.46 Å². The predicted octanol–water partition coefficient (Wildman–Crippen LogP) is 1.97. The van der Waals surface area contributed by atoms with Gasteiger partial charge in [-0.1, -0.05) is 0 Å². The Balaban J connectivity index is 2.34. The number of nitrogens with zero attached hydrogens (tertiary/aromatic N) is 2. The lowest BCUT2D eigenvalue weighted by Gasteiger charge is -2.32. The van der Waals surface area contributed by atoms with Gasteiger partial charge in [0.25, 0.3) is 0 Å². The summed E-state index contributed by atoms with van der Waals surface area (Å²) in [6.45, 7) is 8.72. The molecule has 19 heavy (non-hydrogen) atoms. The number of hydrogen-bond acceptors (Lipinski definition) is 3. The maximum absolute atomic E-state index is 12.7. The molecule has 1 fully saturated rings. The summed E-state index contributed by atoms with van der Waals surface area (Å²) in [6.07, 6.45) is -3.39.